The standard InChI is InChI=1S/C21H24N4O2/c1-15-8-10-19(11-9-15)27-13-12-24(4)21(26)20-17(3)25(23-22-20)18-7-5-6-16(2)14-18/h5-11,14H,12-13H2,1-4H3. The number of hydrogen-bond acceptors (Lipinski definition) is 4. The van der Waals surface area contributed by atoms with Gasteiger partial charge in [-0.1, -0.05) is 35.0 Å². The van der Waals surface area contributed by atoms with Crippen LogP contribution in [0, 0.1) is 20.8 Å². The minimum Gasteiger partial charge on any atom is -0.492 e. The van der Waals surface area contributed by atoms with E-state index < -0.39 is 0 Å². The number of aryl methyl sites for hydroxylation is 2. The van der Waals surface area contributed by atoms with Crippen LogP contribution in [0.4, 0.5) is 0 Å². The summed E-state index contributed by atoms with van der Waals surface area (Å²) in [6.07, 6.45) is 0. The van der Waals surface area contributed by atoms with E-state index in [0.717, 1.165) is 22.7 Å². The summed E-state index contributed by atoms with van der Waals surface area (Å²) in [6.45, 7) is 6.78. The number of hydrogen-bond donors (Lipinski definition) is 0. The summed E-state index contributed by atoms with van der Waals surface area (Å²) in [5.41, 5.74) is 4.28. The number of likely N-dealkylation sites (N-methyl/N-ethyl adjacent to an activating group) is 1. The van der Waals surface area contributed by atoms with Gasteiger partial charge in [-0.2, -0.15) is 0 Å². The van der Waals surface area contributed by atoms with E-state index in [-0.39, 0.29) is 5.91 Å². The van der Waals surface area contributed by atoms with Crippen LogP contribution in [-0.2, 0) is 0 Å². The molecule has 0 radical (unpaired) electrons. The molecular formula is C21H24N4O2. The summed E-state index contributed by atoms with van der Waals surface area (Å²) in [4.78, 5) is 14.3. The highest BCUT2D eigenvalue weighted by molar-refractivity contribution is 5.93. The maximum atomic E-state index is 12.7. The fraction of sp³-hybridized carbons (Fsp3) is 0.286. The summed E-state index contributed by atoms with van der Waals surface area (Å²) >= 11 is 0. The lowest BCUT2D eigenvalue weighted by molar-refractivity contribution is 0.0767. The zero-order valence-electron chi connectivity index (χ0n) is 16.1. The van der Waals surface area contributed by atoms with Gasteiger partial charge < -0.3 is 9.64 Å². The number of carbonyl (C=O) groups excluding carboxylic acids is 1. The van der Waals surface area contributed by atoms with Crippen molar-refractivity contribution < 1.29 is 9.53 Å². The summed E-state index contributed by atoms with van der Waals surface area (Å²) in [6, 6.07) is 15.8. The molecule has 0 N–H and O–H groups in total. The van der Waals surface area contributed by atoms with Gasteiger partial charge in [-0.3, -0.25) is 4.79 Å². The van der Waals surface area contributed by atoms with Crippen LogP contribution in [0.5, 0.6) is 5.75 Å². The first-order valence-electron chi connectivity index (χ1n) is 8.90. The van der Waals surface area contributed by atoms with Gasteiger partial charge >= 0.3 is 0 Å². The van der Waals surface area contributed by atoms with E-state index in [0.29, 0.717) is 18.8 Å². The summed E-state index contributed by atoms with van der Waals surface area (Å²) in [5.74, 6) is 0.627. The fourth-order valence-corrected chi connectivity index (χ4v) is 2.75. The van der Waals surface area contributed by atoms with E-state index in [1.54, 1.807) is 16.6 Å². The molecule has 140 valence electrons. The van der Waals surface area contributed by atoms with Crippen molar-refractivity contribution in [2.24, 2.45) is 0 Å². The third kappa shape index (κ3) is 4.34. The van der Waals surface area contributed by atoms with E-state index in [4.69, 9.17) is 4.74 Å². The number of amides is 1. The highest BCUT2D eigenvalue weighted by Crippen LogP contribution is 2.15. The molecule has 0 atom stereocenters. The van der Waals surface area contributed by atoms with Gasteiger partial charge in [0.2, 0.25) is 0 Å². The first-order valence-corrected chi connectivity index (χ1v) is 8.90. The predicted octanol–water partition coefficient (Wildman–Crippen LogP) is 3.34. The lowest BCUT2D eigenvalue weighted by Gasteiger charge is -2.16. The van der Waals surface area contributed by atoms with Gasteiger partial charge in [-0.15, -0.1) is 5.10 Å². The number of ether oxygens (including phenoxy) is 1. The van der Waals surface area contributed by atoms with Crippen molar-refractivity contribution in [2.45, 2.75) is 20.8 Å². The van der Waals surface area contributed by atoms with Gasteiger partial charge in [-0.05, 0) is 50.6 Å². The van der Waals surface area contributed by atoms with E-state index in [1.165, 1.54) is 5.56 Å². The Morgan fingerprint density at radius 3 is 2.52 bits per heavy atom. The summed E-state index contributed by atoms with van der Waals surface area (Å²) in [5, 5.41) is 8.25. The fourth-order valence-electron chi connectivity index (χ4n) is 2.75. The first kappa shape index (κ1) is 18.6. The van der Waals surface area contributed by atoms with Crippen LogP contribution in [0.2, 0.25) is 0 Å². The molecule has 0 spiro atoms. The monoisotopic (exact) mass is 364 g/mol. The van der Waals surface area contributed by atoms with Crippen LogP contribution in [-0.4, -0.2) is 46.0 Å². The largest absolute Gasteiger partial charge is 0.492 e. The van der Waals surface area contributed by atoms with Crippen molar-refractivity contribution in [3.05, 3.63) is 71.0 Å². The Balaban J connectivity index is 1.64. The van der Waals surface area contributed by atoms with Crippen LogP contribution >= 0.6 is 0 Å². The van der Waals surface area contributed by atoms with E-state index in [2.05, 4.69) is 10.3 Å². The summed E-state index contributed by atoms with van der Waals surface area (Å²) < 4.78 is 7.39. The van der Waals surface area contributed by atoms with Crippen molar-refractivity contribution in [1.82, 2.24) is 19.9 Å². The molecule has 1 aromatic heterocycles. The molecule has 0 saturated carbocycles. The zero-order chi connectivity index (χ0) is 19.4. The van der Waals surface area contributed by atoms with Crippen LogP contribution in [0.15, 0.2) is 48.5 Å². The number of aromatic nitrogens is 3. The highest BCUT2D eigenvalue weighted by Gasteiger charge is 2.20. The Hall–Kier alpha value is -3.15. The maximum Gasteiger partial charge on any atom is 0.276 e. The van der Waals surface area contributed by atoms with E-state index >= 15 is 0 Å². The van der Waals surface area contributed by atoms with Crippen molar-refractivity contribution in [1.29, 1.82) is 0 Å². The van der Waals surface area contributed by atoms with Gasteiger partial charge in [0, 0.05) is 7.05 Å². The van der Waals surface area contributed by atoms with E-state index in [1.807, 2.05) is 69.3 Å². The topological polar surface area (TPSA) is 60.2 Å². The second-order valence-corrected chi connectivity index (χ2v) is 6.66. The number of carbonyl (C=O) groups is 1. The lowest BCUT2D eigenvalue weighted by Crippen LogP contribution is -2.31. The molecule has 0 saturated heterocycles. The molecule has 3 rings (SSSR count). The Kier molecular flexibility index (Phi) is 5.54. The third-order valence-electron chi connectivity index (χ3n) is 4.41. The number of nitrogens with zero attached hydrogens (tertiary/aromatic N) is 4. The molecule has 27 heavy (non-hydrogen) atoms. The lowest BCUT2D eigenvalue weighted by atomic mass is 10.2. The number of benzene rings is 2. The minimum absolute atomic E-state index is 0.168. The molecule has 0 bridgehead atoms. The minimum atomic E-state index is -0.168. The molecule has 1 heterocycles. The molecule has 0 fully saturated rings. The smallest absolute Gasteiger partial charge is 0.276 e. The van der Waals surface area contributed by atoms with Crippen molar-refractivity contribution in [3.63, 3.8) is 0 Å². The van der Waals surface area contributed by atoms with Gasteiger partial charge in [0.15, 0.2) is 5.69 Å². The summed E-state index contributed by atoms with van der Waals surface area (Å²) in [7, 11) is 1.74. The molecule has 6 nitrogen and oxygen atoms in total. The average molecular weight is 364 g/mol. The Labute approximate surface area is 159 Å². The molecule has 0 aliphatic carbocycles. The Morgan fingerprint density at radius 1 is 1.07 bits per heavy atom. The molecule has 0 aliphatic rings. The molecular weight excluding hydrogens is 340 g/mol. The van der Waals surface area contributed by atoms with Crippen LogP contribution in [0.3, 0.4) is 0 Å². The van der Waals surface area contributed by atoms with Crippen molar-refractivity contribution in [3.8, 4) is 11.4 Å². The van der Waals surface area contributed by atoms with Gasteiger partial charge in [0.1, 0.15) is 12.4 Å². The van der Waals surface area contributed by atoms with Crippen LogP contribution in [0.25, 0.3) is 5.69 Å². The number of rotatable bonds is 6. The van der Waals surface area contributed by atoms with Crippen molar-refractivity contribution in [2.75, 3.05) is 20.2 Å². The maximum absolute atomic E-state index is 12.7. The Bertz CT molecular complexity index is 932. The molecule has 0 unspecified atom stereocenters. The molecule has 2 aromatic carbocycles. The third-order valence-corrected chi connectivity index (χ3v) is 4.41. The highest BCUT2D eigenvalue weighted by atomic mass is 16.5. The van der Waals surface area contributed by atoms with Gasteiger partial charge in [0.05, 0.1) is 17.9 Å². The average Bonchev–Trinajstić information content (AvgIpc) is 3.04. The molecule has 6 heteroatoms. The van der Waals surface area contributed by atoms with E-state index in [9.17, 15) is 4.79 Å². The van der Waals surface area contributed by atoms with Crippen LogP contribution < -0.4 is 4.74 Å². The second kappa shape index (κ2) is 8.03. The molecule has 0 aliphatic heterocycles. The second-order valence-electron chi connectivity index (χ2n) is 6.66. The zero-order valence-corrected chi connectivity index (χ0v) is 16.1. The van der Waals surface area contributed by atoms with Crippen LogP contribution in [0.1, 0.15) is 27.3 Å². The van der Waals surface area contributed by atoms with Gasteiger partial charge in [0.25, 0.3) is 5.91 Å². The SMILES string of the molecule is Cc1ccc(OCCN(C)C(=O)c2nnn(-c3cccc(C)c3)c2C)cc1. The molecule has 1 amide bonds. The van der Waals surface area contributed by atoms with Gasteiger partial charge in [-0.25, -0.2) is 4.68 Å². The predicted molar refractivity (Wildman–Crippen MR) is 104 cm³/mol. The first-order chi connectivity index (χ1) is 13.0. The van der Waals surface area contributed by atoms with Crippen molar-refractivity contribution >= 4 is 5.91 Å². The normalized spacial score (nSPS) is 10.7. The Morgan fingerprint density at radius 2 is 1.81 bits per heavy atom. The molecule has 3 aromatic rings. The quantitative estimate of drug-likeness (QED) is 0.673.